The van der Waals surface area contributed by atoms with Gasteiger partial charge in [0, 0.05) is 25.9 Å². The second-order valence-corrected chi connectivity index (χ2v) is 11.6. The van der Waals surface area contributed by atoms with Crippen molar-refractivity contribution in [2.24, 2.45) is 0 Å². The van der Waals surface area contributed by atoms with Gasteiger partial charge >= 0.3 is 0 Å². The fourth-order valence-electron chi connectivity index (χ4n) is 4.08. The number of benzene rings is 2. The Morgan fingerprint density at radius 1 is 1.13 bits per heavy atom. The SMILES string of the molecule is COC[C@@H](C)n1c(COc2ccccc2F)nnc1SCC(=O)Nc1ccc(S(=O)(=O)N2CCCC2)cc1. The fourth-order valence-corrected chi connectivity index (χ4v) is 6.45. The van der Waals surface area contributed by atoms with E-state index in [1.807, 2.05) is 6.92 Å². The summed E-state index contributed by atoms with van der Waals surface area (Å²) < 4.78 is 53.5. The largest absolute Gasteiger partial charge is 0.483 e. The summed E-state index contributed by atoms with van der Waals surface area (Å²) in [5.74, 6) is -0.149. The third kappa shape index (κ3) is 6.70. The van der Waals surface area contributed by atoms with Crippen molar-refractivity contribution in [1.29, 1.82) is 0 Å². The molecule has 38 heavy (non-hydrogen) atoms. The highest BCUT2D eigenvalue weighted by Gasteiger charge is 2.27. The Labute approximate surface area is 225 Å². The summed E-state index contributed by atoms with van der Waals surface area (Å²) in [6, 6.07) is 12.1. The zero-order valence-corrected chi connectivity index (χ0v) is 22.8. The Balaban J connectivity index is 1.38. The average molecular weight is 564 g/mol. The smallest absolute Gasteiger partial charge is 0.243 e. The van der Waals surface area contributed by atoms with Crippen LogP contribution in [0, 0.1) is 5.82 Å². The molecule has 2 aromatic carbocycles. The molecule has 204 valence electrons. The summed E-state index contributed by atoms with van der Waals surface area (Å²) in [5, 5.41) is 11.7. The number of carbonyl (C=O) groups excluding carboxylic acids is 1. The number of hydrogen-bond donors (Lipinski definition) is 1. The third-order valence-corrected chi connectivity index (χ3v) is 8.81. The van der Waals surface area contributed by atoms with E-state index in [1.165, 1.54) is 40.3 Å². The number of thioether (sulfide) groups is 1. The number of methoxy groups -OCH3 is 1. The van der Waals surface area contributed by atoms with Crippen molar-refractivity contribution >= 4 is 33.4 Å². The van der Waals surface area contributed by atoms with Crippen molar-refractivity contribution in [2.45, 2.75) is 42.5 Å². The number of ether oxygens (including phenoxy) is 2. The molecule has 0 radical (unpaired) electrons. The van der Waals surface area contributed by atoms with Gasteiger partial charge in [-0.3, -0.25) is 9.36 Å². The lowest BCUT2D eigenvalue weighted by molar-refractivity contribution is -0.113. The summed E-state index contributed by atoms with van der Waals surface area (Å²) >= 11 is 1.19. The Hall–Kier alpha value is -3.00. The first-order chi connectivity index (χ1) is 18.3. The topological polar surface area (TPSA) is 116 Å². The Bertz CT molecular complexity index is 1340. The number of amides is 1. The lowest BCUT2D eigenvalue weighted by atomic mass is 10.3. The number of sulfonamides is 1. The molecule has 13 heteroatoms. The van der Waals surface area contributed by atoms with Crippen LogP contribution in [0.5, 0.6) is 5.75 Å². The van der Waals surface area contributed by atoms with Crippen LogP contribution in [0.15, 0.2) is 58.6 Å². The molecular formula is C25H30FN5O5S2. The number of rotatable bonds is 12. The number of aromatic nitrogens is 3. The van der Waals surface area contributed by atoms with Crippen LogP contribution < -0.4 is 10.1 Å². The van der Waals surface area contributed by atoms with Gasteiger partial charge in [-0.05, 0) is 56.2 Å². The average Bonchev–Trinajstić information content (AvgIpc) is 3.58. The lowest BCUT2D eigenvalue weighted by Crippen LogP contribution is -2.27. The Morgan fingerprint density at radius 2 is 1.84 bits per heavy atom. The third-order valence-electron chi connectivity index (χ3n) is 5.95. The van der Waals surface area contributed by atoms with Crippen molar-refractivity contribution in [3.63, 3.8) is 0 Å². The molecule has 0 bridgehead atoms. The number of nitrogens with zero attached hydrogens (tertiary/aromatic N) is 4. The van der Waals surface area contributed by atoms with Crippen LogP contribution in [0.3, 0.4) is 0 Å². The summed E-state index contributed by atoms with van der Waals surface area (Å²) in [6.07, 6.45) is 1.73. The van der Waals surface area contributed by atoms with Crippen LogP contribution in [0.25, 0.3) is 0 Å². The van der Waals surface area contributed by atoms with Crippen LogP contribution in [-0.2, 0) is 26.2 Å². The summed E-state index contributed by atoms with van der Waals surface area (Å²) in [7, 11) is -1.93. The number of halogens is 1. The lowest BCUT2D eigenvalue weighted by Gasteiger charge is -2.17. The number of hydrogen-bond acceptors (Lipinski definition) is 8. The van der Waals surface area contributed by atoms with Crippen molar-refractivity contribution in [3.05, 3.63) is 60.2 Å². The highest BCUT2D eigenvalue weighted by Crippen LogP contribution is 2.25. The molecular weight excluding hydrogens is 533 g/mol. The number of para-hydroxylation sites is 1. The molecule has 1 aromatic heterocycles. The van der Waals surface area contributed by atoms with Gasteiger partial charge in [0.05, 0.1) is 23.3 Å². The van der Waals surface area contributed by atoms with Crippen molar-refractivity contribution in [2.75, 3.05) is 37.9 Å². The van der Waals surface area contributed by atoms with Gasteiger partial charge in [-0.15, -0.1) is 10.2 Å². The molecule has 3 aromatic rings. The van der Waals surface area contributed by atoms with Gasteiger partial charge in [0.1, 0.15) is 6.61 Å². The van der Waals surface area contributed by atoms with Crippen molar-refractivity contribution in [1.82, 2.24) is 19.1 Å². The number of carbonyl (C=O) groups is 1. The monoisotopic (exact) mass is 563 g/mol. The van der Waals surface area contributed by atoms with Gasteiger partial charge in [-0.2, -0.15) is 4.31 Å². The molecule has 4 rings (SSSR count). The molecule has 2 heterocycles. The van der Waals surface area contributed by atoms with Crippen molar-refractivity contribution < 1.29 is 27.1 Å². The highest BCUT2D eigenvalue weighted by molar-refractivity contribution is 7.99. The van der Waals surface area contributed by atoms with E-state index < -0.39 is 15.8 Å². The van der Waals surface area contributed by atoms with E-state index in [1.54, 1.807) is 35.9 Å². The van der Waals surface area contributed by atoms with E-state index in [2.05, 4.69) is 15.5 Å². The van der Waals surface area contributed by atoms with Crippen LogP contribution in [0.4, 0.5) is 10.1 Å². The zero-order chi connectivity index (χ0) is 27.1. The van der Waals surface area contributed by atoms with E-state index >= 15 is 0 Å². The maximum absolute atomic E-state index is 13.9. The summed E-state index contributed by atoms with van der Waals surface area (Å²) in [5.41, 5.74) is 0.490. The first-order valence-electron chi connectivity index (χ1n) is 12.1. The molecule has 1 atom stereocenters. The van der Waals surface area contributed by atoms with Crippen LogP contribution in [-0.4, -0.2) is 66.0 Å². The molecule has 0 aliphatic carbocycles. The predicted molar refractivity (Wildman–Crippen MR) is 141 cm³/mol. The van der Waals surface area contributed by atoms with E-state index in [4.69, 9.17) is 9.47 Å². The van der Waals surface area contributed by atoms with Gasteiger partial charge < -0.3 is 14.8 Å². The molecule has 1 amide bonds. The molecule has 1 fully saturated rings. The minimum Gasteiger partial charge on any atom is -0.483 e. The van der Waals surface area contributed by atoms with E-state index in [0.29, 0.717) is 36.4 Å². The first kappa shape index (κ1) is 28.0. The zero-order valence-electron chi connectivity index (χ0n) is 21.2. The van der Waals surface area contributed by atoms with Gasteiger partial charge in [0.25, 0.3) is 0 Å². The maximum atomic E-state index is 13.9. The maximum Gasteiger partial charge on any atom is 0.243 e. The van der Waals surface area contributed by atoms with Gasteiger partial charge in [0.15, 0.2) is 22.5 Å². The predicted octanol–water partition coefficient (Wildman–Crippen LogP) is 3.72. The molecule has 1 aliphatic heterocycles. The summed E-state index contributed by atoms with van der Waals surface area (Å²) in [4.78, 5) is 12.8. The highest BCUT2D eigenvalue weighted by atomic mass is 32.2. The quantitative estimate of drug-likeness (QED) is 0.332. The fraction of sp³-hybridized carbons (Fsp3) is 0.400. The molecule has 1 N–H and O–H groups in total. The molecule has 0 saturated carbocycles. The molecule has 1 aliphatic rings. The van der Waals surface area contributed by atoms with Crippen LogP contribution in [0.1, 0.15) is 31.6 Å². The minimum absolute atomic E-state index is 0.0125. The Kier molecular flexibility index (Phi) is 9.36. The molecule has 0 unspecified atom stereocenters. The number of anilines is 1. The minimum atomic E-state index is -3.51. The normalized spacial score (nSPS) is 14.9. The van der Waals surface area contributed by atoms with E-state index in [-0.39, 0.29) is 35.0 Å². The number of nitrogens with one attached hydrogen (secondary N) is 1. The van der Waals surface area contributed by atoms with Crippen LogP contribution >= 0.6 is 11.8 Å². The van der Waals surface area contributed by atoms with Crippen molar-refractivity contribution in [3.8, 4) is 5.75 Å². The molecule has 10 nitrogen and oxygen atoms in total. The summed E-state index contributed by atoms with van der Waals surface area (Å²) in [6.45, 7) is 3.34. The second kappa shape index (κ2) is 12.7. The Morgan fingerprint density at radius 3 is 2.53 bits per heavy atom. The standard InChI is InChI=1S/C25H30FN5O5S2/c1-18(15-35-2)31-23(16-36-22-8-4-3-7-21(22)26)28-29-25(31)37-17-24(32)27-19-9-11-20(12-10-19)38(33,34)30-13-5-6-14-30/h3-4,7-12,18H,5-6,13-17H2,1-2H3,(H,27,32)/t18-/m1/s1. The van der Waals surface area contributed by atoms with E-state index in [0.717, 1.165) is 12.8 Å². The van der Waals surface area contributed by atoms with Gasteiger partial charge in [0.2, 0.25) is 15.9 Å². The van der Waals surface area contributed by atoms with Gasteiger partial charge in [-0.1, -0.05) is 23.9 Å². The van der Waals surface area contributed by atoms with E-state index in [9.17, 15) is 17.6 Å². The van der Waals surface area contributed by atoms with Gasteiger partial charge in [-0.25, -0.2) is 12.8 Å². The first-order valence-corrected chi connectivity index (χ1v) is 14.5. The van der Waals surface area contributed by atoms with Crippen LogP contribution in [0.2, 0.25) is 0 Å². The molecule has 1 saturated heterocycles. The second-order valence-electron chi connectivity index (χ2n) is 8.76. The molecule has 0 spiro atoms.